The topological polar surface area (TPSA) is 50.9 Å². The number of halogens is 2. The van der Waals surface area contributed by atoms with E-state index in [1.165, 1.54) is 6.07 Å². The fraction of sp³-hybridized carbons (Fsp3) is 0.0769. The summed E-state index contributed by atoms with van der Waals surface area (Å²) >= 11 is 11.9. The first kappa shape index (κ1) is 12.3. The molecule has 19 heavy (non-hydrogen) atoms. The van der Waals surface area contributed by atoms with Gasteiger partial charge in [0.1, 0.15) is 11.3 Å². The Bertz CT molecular complexity index is 731. The van der Waals surface area contributed by atoms with Gasteiger partial charge >= 0.3 is 0 Å². The van der Waals surface area contributed by atoms with Gasteiger partial charge in [-0.1, -0.05) is 23.2 Å². The van der Waals surface area contributed by atoms with Gasteiger partial charge in [0.15, 0.2) is 0 Å². The van der Waals surface area contributed by atoms with Crippen LogP contribution in [-0.4, -0.2) is 19.6 Å². The summed E-state index contributed by atoms with van der Waals surface area (Å²) in [7, 11) is 0. The first-order chi connectivity index (χ1) is 9.15. The summed E-state index contributed by atoms with van der Waals surface area (Å²) in [6.45, 7) is 0.419. The van der Waals surface area contributed by atoms with Gasteiger partial charge < -0.3 is 9.67 Å². The van der Waals surface area contributed by atoms with Crippen molar-refractivity contribution in [1.82, 2.24) is 14.5 Å². The first-order valence-corrected chi connectivity index (χ1v) is 6.32. The summed E-state index contributed by atoms with van der Waals surface area (Å²) in [4.78, 5) is 8.25. The molecule has 96 valence electrons. The first-order valence-electron chi connectivity index (χ1n) is 5.57. The molecule has 2 aromatic heterocycles. The van der Waals surface area contributed by atoms with E-state index in [2.05, 4.69) is 9.97 Å². The van der Waals surface area contributed by atoms with E-state index in [4.69, 9.17) is 23.2 Å². The van der Waals surface area contributed by atoms with E-state index < -0.39 is 0 Å². The van der Waals surface area contributed by atoms with Crippen LogP contribution in [0.3, 0.4) is 0 Å². The molecule has 0 aliphatic rings. The Morgan fingerprint density at radius 3 is 2.89 bits per heavy atom. The summed E-state index contributed by atoms with van der Waals surface area (Å²) < 4.78 is 1.89. The van der Waals surface area contributed by atoms with Crippen LogP contribution in [0.5, 0.6) is 5.75 Å². The third-order valence-electron chi connectivity index (χ3n) is 2.89. The maximum Gasteiger partial charge on any atom is 0.123 e. The highest BCUT2D eigenvalue weighted by molar-refractivity contribution is 6.35. The zero-order valence-corrected chi connectivity index (χ0v) is 11.2. The Morgan fingerprint density at radius 1 is 1.26 bits per heavy atom. The second-order valence-electron chi connectivity index (χ2n) is 4.12. The largest absolute Gasteiger partial charge is 0.507 e. The lowest BCUT2D eigenvalue weighted by atomic mass is 10.2. The van der Waals surface area contributed by atoms with Gasteiger partial charge in [0.05, 0.1) is 29.6 Å². The van der Waals surface area contributed by atoms with Crippen molar-refractivity contribution in [1.29, 1.82) is 0 Å². The van der Waals surface area contributed by atoms with Gasteiger partial charge in [0.25, 0.3) is 0 Å². The number of benzene rings is 1. The molecule has 0 amide bonds. The number of imidazole rings is 1. The fourth-order valence-electron chi connectivity index (χ4n) is 1.96. The number of rotatable bonds is 2. The normalized spacial score (nSPS) is 11.1. The number of fused-ring (bicyclic) bond motifs is 1. The van der Waals surface area contributed by atoms with Crippen LogP contribution in [0.1, 0.15) is 5.56 Å². The highest BCUT2D eigenvalue weighted by atomic mass is 35.5. The average Bonchev–Trinajstić information content (AvgIpc) is 2.77. The molecule has 0 aliphatic heterocycles. The Morgan fingerprint density at radius 2 is 2.11 bits per heavy atom. The molecule has 0 radical (unpaired) electrons. The summed E-state index contributed by atoms with van der Waals surface area (Å²) in [5.41, 5.74) is 2.34. The molecule has 0 saturated heterocycles. The molecule has 0 aliphatic carbocycles. The van der Waals surface area contributed by atoms with Crippen LogP contribution in [0.15, 0.2) is 36.9 Å². The number of phenolic OH excluding ortho intramolecular Hbond substituents is 1. The van der Waals surface area contributed by atoms with Gasteiger partial charge in [-0.25, -0.2) is 4.98 Å². The zero-order chi connectivity index (χ0) is 13.4. The van der Waals surface area contributed by atoms with E-state index in [0.717, 1.165) is 11.0 Å². The van der Waals surface area contributed by atoms with Gasteiger partial charge in [-0.2, -0.15) is 0 Å². The number of aromatic nitrogens is 3. The molecule has 2 heterocycles. The van der Waals surface area contributed by atoms with E-state index in [-0.39, 0.29) is 5.75 Å². The Kier molecular flexibility index (Phi) is 3.05. The molecular formula is C13H9Cl2N3O. The molecule has 3 aromatic rings. The molecule has 0 bridgehead atoms. The van der Waals surface area contributed by atoms with Crippen molar-refractivity contribution in [3.8, 4) is 5.75 Å². The van der Waals surface area contributed by atoms with Crippen molar-refractivity contribution >= 4 is 34.2 Å². The number of phenols is 1. The quantitative estimate of drug-likeness (QED) is 0.787. The summed E-state index contributed by atoms with van der Waals surface area (Å²) in [6, 6.07) is 4.95. The average molecular weight is 294 g/mol. The minimum Gasteiger partial charge on any atom is -0.507 e. The predicted octanol–water partition coefficient (Wildman–Crippen LogP) is 3.49. The van der Waals surface area contributed by atoms with E-state index >= 15 is 0 Å². The minimum atomic E-state index is 0.0772. The molecule has 3 rings (SSSR count). The van der Waals surface area contributed by atoms with Crippen LogP contribution in [0.2, 0.25) is 10.0 Å². The Balaban J connectivity index is 2.06. The number of aromatic hydroxyl groups is 1. The zero-order valence-electron chi connectivity index (χ0n) is 9.72. The smallest absolute Gasteiger partial charge is 0.123 e. The second-order valence-corrected chi connectivity index (χ2v) is 4.97. The number of nitrogens with zero attached hydrogens (tertiary/aromatic N) is 3. The molecule has 1 N–H and O–H groups in total. The molecule has 1 aromatic carbocycles. The van der Waals surface area contributed by atoms with E-state index in [9.17, 15) is 5.11 Å². The maximum atomic E-state index is 9.93. The summed E-state index contributed by atoms with van der Waals surface area (Å²) in [5.74, 6) is 0.0772. The Hall–Kier alpha value is -1.78. The third-order valence-corrected chi connectivity index (χ3v) is 3.44. The van der Waals surface area contributed by atoms with Gasteiger partial charge in [-0.3, -0.25) is 4.98 Å². The van der Waals surface area contributed by atoms with Crippen molar-refractivity contribution in [2.45, 2.75) is 6.54 Å². The van der Waals surface area contributed by atoms with Crippen LogP contribution in [0.4, 0.5) is 0 Å². The molecule has 0 unspecified atom stereocenters. The van der Waals surface area contributed by atoms with Crippen molar-refractivity contribution in [3.63, 3.8) is 0 Å². The molecule has 0 atom stereocenters. The second kappa shape index (κ2) is 4.72. The highest BCUT2D eigenvalue weighted by Gasteiger charge is 2.11. The number of hydrogen-bond donors (Lipinski definition) is 1. The fourth-order valence-corrected chi connectivity index (χ4v) is 2.50. The molecular weight excluding hydrogens is 285 g/mol. The van der Waals surface area contributed by atoms with Crippen LogP contribution in [-0.2, 0) is 6.54 Å². The van der Waals surface area contributed by atoms with Crippen molar-refractivity contribution in [2.24, 2.45) is 0 Å². The Labute approximate surface area is 119 Å². The summed E-state index contributed by atoms with van der Waals surface area (Å²) in [5, 5.41) is 10.8. The van der Waals surface area contributed by atoms with Gasteiger partial charge in [-0.15, -0.1) is 0 Å². The molecule has 0 saturated carbocycles. The minimum absolute atomic E-state index is 0.0772. The highest BCUT2D eigenvalue weighted by Crippen LogP contribution is 2.31. The van der Waals surface area contributed by atoms with Gasteiger partial charge in [0, 0.05) is 16.8 Å². The third kappa shape index (κ3) is 2.25. The van der Waals surface area contributed by atoms with E-state index in [1.807, 2.05) is 10.6 Å². The monoisotopic (exact) mass is 293 g/mol. The lowest BCUT2D eigenvalue weighted by Crippen LogP contribution is -1.99. The standard InChI is InChI=1S/C13H9Cl2N3O/c14-8-3-10(15)9(13(19)4-8)6-18-7-17-11-5-16-2-1-12(11)18/h1-5,7,19H,6H2. The van der Waals surface area contributed by atoms with Crippen LogP contribution in [0.25, 0.3) is 11.0 Å². The molecule has 4 nitrogen and oxygen atoms in total. The van der Waals surface area contributed by atoms with E-state index in [0.29, 0.717) is 22.2 Å². The van der Waals surface area contributed by atoms with Crippen molar-refractivity contribution in [2.75, 3.05) is 0 Å². The van der Waals surface area contributed by atoms with Crippen LogP contribution in [0, 0.1) is 0 Å². The van der Waals surface area contributed by atoms with E-state index in [1.54, 1.807) is 24.8 Å². The van der Waals surface area contributed by atoms with Crippen LogP contribution < -0.4 is 0 Å². The molecule has 6 heteroatoms. The number of hydrogen-bond acceptors (Lipinski definition) is 3. The SMILES string of the molecule is Oc1cc(Cl)cc(Cl)c1Cn1cnc2cnccc21. The maximum absolute atomic E-state index is 9.93. The van der Waals surface area contributed by atoms with Gasteiger partial charge in [-0.05, 0) is 18.2 Å². The predicted molar refractivity (Wildman–Crippen MR) is 74.8 cm³/mol. The van der Waals surface area contributed by atoms with Crippen molar-refractivity contribution in [3.05, 3.63) is 52.5 Å². The summed E-state index contributed by atoms with van der Waals surface area (Å²) in [6.07, 6.45) is 5.08. The van der Waals surface area contributed by atoms with Crippen LogP contribution >= 0.6 is 23.2 Å². The molecule has 0 fully saturated rings. The lowest BCUT2D eigenvalue weighted by Gasteiger charge is -2.09. The van der Waals surface area contributed by atoms with Gasteiger partial charge in [0.2, 0.25) is 0 Å². The number of pyridine rings is 1. The molecule has 0 spiro atoms. The van der Waals surface area contributed by atoms with Crippen molar-refractivity contribution < 1.29 is 5.11 Å². The lowest BCUT2D eigenvalue weighted by molar-refractivity contribution is 0.466.